The third-order valence-corrected chi connectivity index (χ3v) is 7.28. The number of thiocarbonyl (C=S) groups is 1. The van der Waals surface area contributed by atoms with E-state index in [-0.39, 0.29) is 23.7 Å². The standard InChI is InChI=1S/C29H28N6O4S/c1-17-15-23(18(2)33(17)25-16-22(35(37)38)12-13-26(25)39-4)28-27(24-7-5-6-14-30-24)32-29(40)34(28)21-10-8-20(9-11-21)31-19(3)36/h5-16,27-28H,1-4H3,(H,31,36)(H,32,40)/t27-,28-/m0/s1. The van der Waals surface area contributed by atoms with Crippen LogP contribution in [0.25, 0.3) is 5.69 Å². The molecule has 0 unspecified atom stereocenters. The normalized spacial score (nSPS) is 16.5. The molecular formula is C29H28N6O4S. The molecule has 1 aliphatic rings. The van der Waals surface area contributed by atoms with Crippen LogP contribution >= 0.6 is 12.2 Å². The first kappa shape index (κ1) is 26.8. The molecule has 11 heteroatoms. The first-order chi connectivity index (χ1) is 19.2. The van der Waals surface area contributed by atoms with Gasteiger partial charge < -0.3 is 24.8 Å². The lowest BCUT2D eigenvalue weighted by atomic mass is 9.96. The first-order valence-corrected chi connectivity index (χ1v) is 13.0. The Labute approximate surface area is 236 Å². The lowest BCUT2D eigenvalue weighted by molar-refractivity contribution is -0.384. The molecule has 4 aromatic rings. The number of rotatable bonds is 7. The molecule has 1 amide bonds. The molecule has 10 nitrogen and oxygen atoms in total. The van der Waals surface area contributed by atoms with Crippen LogP contribution in [0.15, 0.2) is 72.9 Å². The fourth-order valence-corrected chi connectivity index (χ4v) is 5.63. The topological polar surface area (TPSA) is 115 Å². The second-order valence-electron chi connectivity index (χ2n) is 9.50. The van der Waals surface area contributed by atoms with E-state index in [1.807, 2.05) is 65.8 Å². The van der Waals surface area contributed by atoms with Gasteiger partial charge in [-0.3, -0.25) is 19.9 Å². The van der Waals surface area contributed by atoms with Gasteiger partial charge in [0, 0.05) is 48.0 Å². The number of hydrogen-bond donors (Lipinski definition) is 2. The zero-order valence-corrected chi connectivity index (χ0v) is 23.2. The van der Waals surface area contributed by atoms with Crippen LogP contribution in [-0.4, -0.2) is 32.6 Å². The van der Waals surface area contributed by atoms with E-state index < -0.39 is 4.92 Å². The summed E-state index contributed by atoms with van der Waals surface area (Å²) < 4.78 is 7.56. The molecule has 0 spiro atoms. The highest BCUT2D eigenvalue weighted by Crippen LogP contribution is 2.44. The predicted molar refractivity (Wildman–Crippen MR) is 157 cm³/mol. The van der Waals surface area contributed by atoms with Gasteiger partial charge in [-0.05, 0) is 80.2 Å². The molecule has 1 saturated heterocycles. The minimum Gasteiger partial charge on any atom is -0.495 e. The molecule has 0 radical (unpaired) electrons. The fraction of sp³-hybridized carbons (Fsp3) is 0.207. The van der Waals surface area contributed by atoms with Gasteiger partial charge in [0.2, 0.25) is 5.91 Å². The Morgan fingerprint density at radius 1 is 1.12 bits per heavy atom. The third kappa shape index (κ3) is 4.87. The zero-order valence-electron chi connectivity index (χ0n) is 22.4. The molecule has 2 aromatic heterocycles. The molecule has 0 aliphatic carbocycles. The third-order valence-electron chi connectivity index (χ3n) is 6.97. The highest BCUT2D eigenvalue weighted by molar-refractivity contribution is 7.80. The second kappa shape index (κ2) is 10.8. The molecule has 204 valence electrons. The summed E-state index contributed by atoms with van der Waals surface area (Å²) in [6, 6.07) is 19.3. The van der Waals surface area contributed by atoms with Crippen LogP contribution in [0.5, 0.6) is 5.75 Å². The largest absolute Gasteiger partial charge is 0.495 e. The average molecular weight is 557 g/mol. The molecule has 3 heterocycles. The van der Waals surface area contributed by atoms with Crippen LogP contribution in [0.3, 0.4) is 0 Å². The molecule has 2 atom stereocenters. The Hall–Kier alpha value is -4.77. The van der Waals surface area contributed by atoms with E-state index in [0.717, 1.165) is 28.3 Å². The number of anilines is 2. The minimum atomic E-state index is -0.416. The predicted octanol–water partition coefficient (Wildman–Crippen LogP) is 5.54. The van der Waals surface area contributed by atoms with E-state index in [2.05, 4.69) is 21.7 Å². The van der Waals surface area contributed by atoms with Crippen molar-refractivity contribution in [3.8, 4) is 11.4 Å². The van der Waals surface area contributed by atoms with Crippen LogP contribution in [-0.2, 0) is 4.79 Å². The van der Waals surface area contributed by atoms with E-state index in [0.29, 0.717) is 22.2 Å². The number of carbonyl (C=O) groups excluding carboxylic acids is 1. The van der Waals surface area contributed by atoms with E-state index in [9.17, 15) is 14.9 Å². The molecule has 2 N–H and O–H groups in total. The summed E-state index contributed by atoms with van der Waals surface area (Å²) >= 11 is 5.86. The summed E-state index contributed by atoms with van der Waals surface area (Å²) in [4.78, 5) is 29.4. The van der Waals surface area contributed by atoms with Crippen LogP contribution in [0.1, 0.15) is 41.7 Å². The lowest BCUT2D eigenvalue weighted by Crippen LogP contribution is -2.29. The van der Waals surface area contributed by atoms with Crippen molar-refractivity contribution in [1.29, 1.82) is 0 Å². The van der Waals surface area contributed by atoms with Gasteiger partial charge in [-0.15, -0.1) is 0 Å². The molecule has 40 heavy (non-hydrogen) atoms. The van der Waals surface area contributed by atoms with Gasteiger partial charge in [0.15, 0.2) is 5.11 Å². The van der Waals surface area contributed by atoms with Crippen LogP contribution in [0.2, 0.25) is 0 Å². The monoisotopic (exact) mass is 556 g/mol. The Balaban J connectivity index is 1.67. The number of non-ortho nitro benzene ring substituents is 1. The number of methoxy groups -OCH3 is 1. The van der Waals surface area contributed by atoms with Crippen LogP contribution in [0.4, 0.5) is 17.1 Å². The van der Waals surface area contributed by atoms with Crippen molar-refractivity contribution >= 4 is 40.3 Å². The lowest BCUT2D eigenvalue weighted by Gasteiger charge is -2.28. The number of nitrogens with zero attached hydrogens (tertiary/aromatic N) is 4. The Morgan fingerprint density at radius 2 is 1.88 bits per heavy atom. The van der Waals surface area contributed by atoms with Crippen molar-refractivity contribution in [1.82, 2.24) is 14.9 Å². The molecule has 5 rings (SSSR count). The number of hydrogen-bond acceptors (Lipinski definition) is 6. The maximum Gasteiger partial charge on any atom is 0.271 e. The highest BCUT2D eigenvalue weighted by Gasteiger charge is 2.42. The van der Waals surface area contributed by atoms with Crippen LogP contribution in [0, 0.1) is 24.0 Å². The number of aromatic nitrogens is 2. The molecule has 1 fully saturated rings. The van der Waals surface area contributed by atoms with Crippen molar-refractivity contribution in [3.63, 3.8) is 0 Å². The number of benzene rings is 2. The molecule has 1 aliphatic heterocycles. The average Bonchev–Trinajstić information content (AvgIpc) is 3.43. The fourth-order valence-electron chi connectivity index (χ4n) is 5.28. The molecule has 2 aromatic carbocycles. The SMILES string of the molecule is COc1ccc([N+](=O)[O-])cc1-n1c(C)cc([C@H]2[C@H](c3ccccn3)NC(=S)N2c2ccc(NC(C)=O)cc2)c1C. The molecular weight excluding hydrogens is 528 g/mol. The summed E-state index contributed by atoms with van der Waals surface area (Å²) in [6.07, 6.45) is 1.75. The van der Waals surface area contributed by atoms with E-state index in [4.69, 9.17) is 17.0 Å². The Morgan fingerprint density at radius 3 is 2.50 bits per heavy atom. The smallest absolute Gasteiger partial charge is 0.271 e. The number of carbonyl (C=O) groups is 1. The van der Waals surface area contributed by atoms with Crippen molar-refractivity contribution in [3.05, 3.63) is 106 Å². The minimum absolute atomic E-state index is 0.0270. The highest BCUT2D eigenvalue weighted by atomic mass is 32.1. The number of nitrogens with one attached hydrogen (secondary N) is 2. The first-order valence-electron chi connectivity index (χ1n) is 12.6. The molecule has 0 bridgehead atoms. The van der Waals surface area contributed by atoms with Gasteiger partial charge in [-0.1, -0.05) is 6.07 Å². The van der Waals surface area contributed by atoms with E-state index >= 15 is 0 Å². The second-order valence-corrected chi connectivity index (χ2v) is 9.89. The maximum atomic E-state index is 11.6. The van der Waals surface area contributed by atoms with Gasteiger partial charge in [0.25, 0.3) is 5.69 Å². The maximum absolute atomic E-state index is 11.6. The Bertz CT molecular complexity index is 1600. The number of amides is 1. The van der Waals surface area contributed by atoms with Gasteiger partial charge in [0.05, 0.1) is 35.5 Å². The zero-order chi connectivity index (χ0) is 28.6. The van der Waals surface area contributed by atoms with Crippen molar-refractivity contribution in [2.75, 3.05) is 17.3 Å². The summed E-state index contributed by atoms with van der Waals surface area (Å²) in [6.45, 7) is 5.40. The summed E-state index contributed by atoms with van der Waals surface area (Å²) in [5, 5.41) is 18.4. The van der Waals surface area contributed by atoms with Crippen molar-refractivity contribution < 1.29 is 14.5 Å². The van der Waals surface area contributed by atoms with Crippen molar-refractivity contribution in [2.45, 2.75) is 32.9 Å². The summed E-state index contributed by atoms with van der Waals surface area (Å²) in [5.74, 6) is 0.369. The number of pyridine rings is 1. The summed E-state index contributed by atoms with van der Waals surface area (Å²) in [5.41, 5.74) is 5.63. The van der Waals surface area contributed by atoms with E-state index in [1.165, 1.54) is 19.1 Å². The van der Waals surface area contributed by atoms with Gasteiger partial charge in [-0.25, -0.2) is 0 Å². The van der Waals surface area contributed by atoms with E-state index in [1.54, 1.807) is 19.4 Å². The number of ether oxygens (including phenoxy) is 1. The van der Waals surface area contributed by atoms with Gasteiger partial charge in [-0.2, -0.15) is 0 Å². The Kier molecular flexibility index (Phi) is 7.22. The van der Waals surface area contributed by atoms with Crippen molar-refractivity contribution in [2.24, 2.45) is 0 Å². The molecule has 0 saturated carbocycles. The number of nitro benzene ring substituents is 1. The van der Waals surface area contributed by atoms with Crippen LogP contribution < -0.4 is 20.3 Å². The number of nitro groups is 1. The summed E-state index contributed by atoms with van der Waals surface area (Å²) in [7, 11) is 1.54. The van der Waals surface area contributed by atoms with Gasteiger partial charge >= 0.3 is 0 Å². The quantitative estimate of drug-likeness (QED) is 0.173. The number of aryl methyl sites for hydroxylation is 1. The van der Waals surface area contributed by atoms with Gasteiger partial charge in [0.1, 0.15) is 5.75 Å².